The molecule has 0 aromatic heterocycles. The van der Waals surface area contributed by atoms with E-state index in [1.54, 1.807) is 12.0 Å². The lowest BCUT2D eigenvalue weighted by Crippen LogP contribution is -2.50. The lowest BCUT2D eigenvalue weighted by Gasteiger charge is -2.36. The summed E-state index contributed by atoms with van der Waals surface area (Å²) in [6, 6.07) is 23.5. The van der Waals surface area contributed by atoms with Crippen molar-refractivity contribution in [2.45, 2.75) is 12.8 Å². The number of amides is 2. The summed E-state index contributed by atoms with van der Waals surface area (Å²) in [6.07, 6.45) is 5.16. The van der Waals surface area contributed by atoms with E-state index < -0.39 is 0 Å². The molecular formula is C32H36FN3O3. The van der Waals surface area contributed by atoms with E-state index >= 15 is 0 Å². The molecule has 1 saturated heterocycles. The summed E-state index contributed by atoms with van der Waals surface area (Å²) in [5, 5.41) is 0. The van der Waals surface area contributed by atoms with Crippen molar-refractivity contribution < 1.29 is 18.7 Å². The second kappa shape index (κ2) is 14.3. The van der Waals surface area contributed by atoms with Gasteiger partial charge in [-0.15, -0.1) is 0 Å². The molecule has 0 unspecified atom stereocenters. The third-order valence-corrected chi connectivity index (χ3v) is 7.02. The maximum absolute atomic E-state index is 13.4. The topological polar surface area (TPSA) is 53.1 Å². The number of benzene rings is 3. The van der Waals surface area contributed by atoms with Gasteiger partial charge in [-0.1, -0.05) is 60.7 Å². The maximum Gasteiger partial charge on any atom is 0.254 e. The molecule has 39 heavy (non-hydrogen) atoms. The zero-order valence-electron chi connectivity index (χ0n) is 22.5. The molecule has 0 bridgehead atoms. The number of hydrogen-bond donors (Lipinski definition) is 0. The number of nitrogens with zero attached hydrogens (tertiary/aromatic N) is 3. The van der Waals surface area contributed by atoms with Gasteiger partial charge in [-0.05, 0) is 42.3 Å². The molecule has 0 spiro atoms. The Kier molecular flexibility index (Phi) is 10.3. The molecule has 6 nitrogen and oxygen atoms in total. The second-order valence-corrected chi connectivity index (χ2v) is 9.61. The Morgan fingerprint density at radius 1 is 0.923 bits per heavy atom. The van der Waals surface area contributed by atoms with E-state index in [9.17, 15) is 14.0 Å². The second-order valence-electron chi connectivity index (χ2n) is 9.61. The van der Waals surface area contributed by atoms with Crippen LogP contribution in [0.25, 0.3) is 6.08 Å². The van der Waals surface area contributed by atoms with Crippen LogP contribution in [0.15, 0.2) is 84.9 Å². The molecule has 2 amide bonds. The zero-order chi connectivity index (χ0) is 27.5. The summed E-state index contributed by atoms with van der Waals surface area (Å²) in [4.78, 5) is 32.0. The van der Waals surface area contributed by atoms with E-state index in [1.807, 2.05) is 59.5 Å². The summed E-state index contributed by atoms with van der Waals surface area (Å²) in [5.74, 6) is 0.439. The minimum atomic E-state index is -0.370. The Hall–Kier alpha value is -3.97. The lowest BCUT2D eigenvalue weighted by atomic mass is 10.1. The van der Waals surface area contributed by atoms with Crippen LogP contribution < -0.4 is 4.74 Å². The molecular weight excluding hydrogens is 493 g/mol. The third kappa shape index (κ3) is 8.26. The van der Waals surface area contributed by atoms with Gasteiger partial charge in [0.15, 0.2) is 0 Å². The molecule has 0 aliphatic carbocycles. The van der Waals surface area contributed by atoms with Crippen LogP contribution in [0.4, 0.5) is 4.39 Å². The fourth-order valence-corrected chi connectivity index (χ4v) is 4.70. The first-order chi connectivity index (χ1) is 19.0. The van der Waals surface area contributed by atoms with Crippen LogP contribution in [0.3, 0.4) is 0 Å². The Labute approximate surface area is 230 Å². The van der Waals surface area contributed by atoms with Gasteiger partial charge >= 0.3 is 0 Å². The van der Waals surface area contributed by atoms with Crippen LogP contribution in [-0.4, -0.2) is 79.4 Å². The average molecular weight is 530 g/mol. The van der Waals surface area contributed by atoms with Crippen molar-refractivity contribution in [1.29, 1.82) is 0 Å². The number of hydrogen-bond acceptors (Lipinski definition) is 4. The number of carbonyl (C=O) groups is 2. The fourth-order valence-electron chi connectivity index (χ4n) is 4.70. The number of halogens is 1. The van der Waals surface area contributed by atoms with Gasteiger partial charge in [-0.25, -0.2) is 4.39 Å². The number of methoxy groups -OCH3 is 1. The first kappa shape index (κ1) is 28.0. The van der Waals surface area contributed by atoms with Crippen molar-refractivity contribution in [3.8, 4) is 5.75 Å². The quantitative estimate of drug-likeness (QED) is 0.359. The van der Waals surface area contributed by atoms with E-state index in [2.05, 4.69) is 17.0 Å². The van der Waals surface area contributed by atoms with Crippen molar-refractivity contribution in [2.24, 2.45) is 0 Å². The number of para-hydroxylation sites is 1. The molecule has 1 fully saturated rings. The van der Waals surface area contributed by atoms with Crippen LogP contribution >= 0.6 is 0 Å². The van der Waals surface area contributed by atoms with Crippen LogP contribution in [0, 0.1) is 5.82 Å². The number of ether oxygens (including phenoxy) is 1. The van der Waals surface area contributed by atoms with Gasteiger partial charge in [0.05, 0.1) is 7.11 Å². The Bertz CT molecular complexity index is 1240. The third-order valence-electron chi connectivity index (χ3n) is 7.02. The van der Waals surface area contributed by atoms with Crippen LogP contribution in [0.2, 0.25) is 0 Å². The summed E-state index contributed by atoms with van der Waals surface area (Å²) in [5.41, 5.74) is 2.56. The van der Waals surface area contributed by atoms with Crippen molar-refractivity contribution in [3.05, 3.63) is 107 Å². The predicted molar refractivity (Wildman–Crippen MR) is 152 cm³/mol. The van der Waals surface area contributed by atoms with Crippen molar-refractivity contribution in [3.63, 3.8) is 0 Å². The highest BCUT2D eigenvalue weighted by Gasteiger charge is 2.22. The Morgan fingerprint density at radius 3 is 2.33 bits per heavy atom. The molecule has 3 aromatic carbocycles. The molecule has 7 heteroatoms. The molecule has 1 heterocycles. The van der Waals surface area contributed by atoms with Gasteiger partial charge in [0.2, 0.25) is 5.91 Å². The van der Waals surface area contributed by atoms with Gasteiger partial charge in [0.25, 0.3) is 5.91 Å². The zero-order valence-corrected chi connectivity index (χ0v) is 22.5. The van der Waals surface area contributed by atoms with E-state index in [-0.39, 0.29) is 17.6 Å². The van der Waals surface area contributed by atoms with Gasteiger partial charge in [-0.2, -0.15) is 0 Å². The molecule has 1 aliphatic rings. The summed E-state index contributed by atoms with van der Waals surface area (Å²) < 4.78 is 18.9. The Balaban J connectivity index is 1.32. The summed E-state index contributed by atoms with van der Waals surface area (Å²) >= 11 is 0. The summed E-state index contributed by atoms with van der Waals surface area (Å²) in [7, 11) is 1.63. The normalized spacial score (nSPS) is 13.9. The highest BCUT2D eigenvalue weighted by Crippen LogP contribution is 2.19. The molecule has 0 atom stereocenters. The SMILES string of the molecule is COc1ccccc1C=CCN(CCN1CCN(C(=O)CCc2ccccc2)CC1)C(=O)c1ccc(F)cc1. The van der Waals surface area contributed by atoms with Crippen LogP contribution in [0.5, 0.6) is 5.75 Å². The molecule has 0 N–H and O–H groups in total. The predicted octanol–water partition coefficient (Wildman–Crippen LogP) is 4.77. The standard InChI is InChI=1S/C32H36FN3O3/c1-39-30-12-6-5-10-27(30)11-7-19-36(32(38)28-14-16-29(33)17-15-28)25-22-34-20-23-35(24-21-34)31(37)18-13-26-8-3-2-4-9-26/h2-12,14-17H,13,18-25H2,1H3. The smallest absolute Gasteiger partial charge is 0.254 e. The maximum atomic E-state index is 13.4. The fraction of sp³-hybridized carbons (Fsp3) is 0.312. The highest BCUT2D eigenvalue weighted by molar-refractivity contribution is 5.94. The molecule has 3 aromatic rings. The minimum Gasteiger partial charge on any atom is -0.496 e. The molecule has 204 valence electrons. The summed E-state index contributed by atoms with van der Waals surface area (Å²) in [6.45, 7) is 4.54. The minimum absolute atomic E-state index is 0.144. The number of aryl methyl sites for hydroxylation is 1. The van der Waals surface area contributed by atoms with E-state index in [1.165, 1.54) is 29.8 Å². The van der Waals surface area contributed by atoms with Gasteiger partial charge in [0.1, 0.15) is 11.6 Å². The number of piperazine rings is 1. The first-order valence-corrected chi connectivity index (χ1v) is 13.4. The van der Waals surface area contributed by atoms with E-state index in [0.29, 0.717) is 44.7 Å². The molecule has 0 saturated carbocycles. The average Bonchev–Trinajstić information content (AvgIpc) is 2.98. The van der Waals surface area contributed by atoms with E-state index in [0.717, 1.165) is 30.8 Å². The van der Waals surface area contributed by atoms with Gasteiger partial charge in [-0.3, -0.25) is 14.5 Å². The molecule has 4 rings (SSSR count). The monoisotopic (exact) mass is 529 g/mol. The Morgan fingerprint density at radius 2 is 1.62 bits per heavy atom. The van der Waals surface area contributed by atoms with E-state index in [4.69, 9.17) is 4.74 Å². The van der Waals surface area contributed by atoms with Gasteiger partial charge < -0.3 is 14.5 Å². The first-order valence-electron chi connectivity index (χ1n) is 13.4. The lowest BCUT2D eigenvalue weighted by molar-refractivity contribution is -0.132. The van der Waals surface area contributed by atoms with Gasteiger partial charge in [0, 0.05) is 63.4 Å². The number of rotatable bonds is 11. The highest BCUT2D eigenvalue weighted by atomic mass is 19.1. The van der Waals surface area contributed by atoms with Crippen LogP contribution in [-0.2, 0) is 11.2 Å². The molecule has 0 radical (unpaired) electrons. The number of carbonyl (C=O) groups excluding carboxylic acids is 2. The largest absolute Gasteiger partial charge is 0.496 e. The molecule has 1 aliphatic heterocycles. The van der Waals surface area contributed by atoms with Crippen molar-refractivity contribution in [2.75, 3.05) is 52.9 Å². The van der Waals surface area contributed by atoms with Crippen LogP contribution in [0.1, 0.15) is 27.9 Å². The van der Waals surface area contributed by atoms with Crippen molar-refractivity contribution in [1.82, 2.24) is 14.7 Å². The van der Waals surface area contributed by atoms with Crippen molar-refractivity contribution >= 4 is 17.9 Å².